The Morgan fingerprint density at radius 2 is 2.14 bits per heavy atom. The Morgan fingerprint density at radius 3 is 3.05 bits per heavy atom. The molecule has 0 amide bonds. The second-order valence-corrected chi connectivity index (χ2v) is 6.66. The zero-order valence-corrected chi connectivity index (χ0v) is 13.5. The first-order valence-electron chi connectivity index (χ1n) is 7.88. The van der Waals surface area contributed by atoms with Gasteiger partial charge in [0.05, 0.1) is 6.61 Å². The minimum atomic E-state index is 0.866. The molecule has 1 fully saturated rings. The van der Waals surface area contributed by atoms with Gasteiger partial charge >= 0.3 is 0 Å². The minimum absolute atomic E-state index is 0.866. The Hall–Kier alpha value is -0.940. The molecule has 2 aromatic rings. The van der Waals surface area contributed by atoms with Gasteiger partial charge in [0.2, 0.25) is 0 Å². The summed E-state index contributed by atoms with van der Waals surface area (Å²) in [6.07, 6.45) is 1.14. The van der Waals surface area contributed by atoms with Crippen molar-refractivity contribution in [2.24, 2.45) is 0 Å². The number of rotatable bonds is 5. The summed E-state index contributed by atoms with van der Waals surface area (Å²) in [5.41, 5.74) is 1.51. The Kier molecular flexibility index (Phi) is 5.25. The molecule has 1 aromatic heterocycles. The largest absolute Gasteiger partial charge is 0.380 e. The van der Waals surface area contributed by atoms with Gasteiger partial charge in [0.15, 0.2) is 0 Å². The number of nitrogens with one attached hydrogen (secondary N) is 1. The smallest absolute Gasteiger partial charge is 0.0593 e. The SMILES string of the molecule is CCNCc1sc2ccccc2c1CN1CCCOCC1. The monoisotopic (exact) mass is 304 g/mol. The van der Waals surface area contributed by atoms with Crippen LogP contribution in [0.5, 0.6) is 0 Å². The summed E-state index contributed by atoms with van der Waals surface area (Å²) >= 11 is 1.94. The first-order valence-corrected chi connectivity index (χ1v) is 8.70. The first kappa shape index (κ1) is 15.0. The fourth-order valence-electron chi connectivity index (χ4n) is 2.88. The van der Waals surface area contributed by atoms with Crippen molar-refractivity contribution in [3.8, 4) is 0 Å². The van der Waals surface area contributed by atoms with E-state index >= 15 is 0 Å². The molecule has 0 unspecified atom stereocenters. The lowest BCUT2D eigenvalue weighted by atomic mass is 10.1. The molecule has 1 N–H and O–H groups in total. The average Bonchev–Trinajstić information content (AvgIpc) is 2.68. The van der Waals surface area contributed by atoms with Crippen LogP contribution < -0.4 is 5.32 Å². The van der Waals surface area contributed by atoms with Crippen molar-refractivity contribution in [2.45, 2.75) is 26.4 Å². The van der Waals surface area contributed by atoms with E-state index in [1.165, 1.54) is 20.5 Å². The maximum Gasteiger partial charge on any atom is 0.0593 e. The summed E-state index contributed by atoms with van der Waals surface area (Å²) in [5, 5.41) is 4.91. The van der Waals surface area contributed by atoms with Gasteiger partial charge < -0.3 is 10.1 Å². The Labute approximate surface area is 130 Å². The second-order valence-electron chi connectivity index (χ2n) is 5.52. The Bertz CT molecular complexity index is 573. The molecule has 3 nitrogen and oxygen atoms in total. The van der Waals surface area contributed by atoms with Crippen molar-refractivity contribution in [2.75, 3.05) is 32.8 Å². The highest BCUT2D eigenvalue weighted by Crippen LogP contribution is 2.32. The maximum atomic E-state index is 5.58. The van der Waals surface area contributed by atoms with E-state index < -0.39 is 0 Å². The zero-order chi connectivity index (χ0) is 14.5. The maximum absolute atomic E-state index is 5.58. The molecule has 1 saturated heterocycles. The molecule has 0 atom stereocenters. The molecule has 0 bridgehead atoms. The lowest BCUT2D eigenvalue weighted by Gasteiger charge is -2.19. The van der Waals surface area contributed by atoms with Crippen LogP contribution >= 0.6 is 11.3 Å². The van der Waals surface area contributed by atoms with Crippen molar-refractivity contribution in [3.05, 3.63) is 34.7 Å². The standard InChI is InChI=1S/C17H24N2OS/c1-2-18-12-17-15(13-19-8-5-10-20-11-9-19)14-6-3-4-7-16(14)21-17/h3-4,6-7,18H,2,5,8-13H2,1H3. The van der Waals surface area contributed by atoms with Crippen LogP contribution in [0.15, 0.2) is 24.3 Å². The van der Waals surface area contributed by atoms with Gasteiger partial charge in [-0.3, -0.25) is 4.90 Å². The van der Waals surface area contributed by atoms with Gasteiger partial charge in [-0.05, 0) is 30.0 Å². The highest BCUT2D eigenvalue weighted by atomic mass is 32.1. The number of hydrogen-bond donors (Lipinski definition) is 1. The summed E-state index contributed by atoms with van der Waals surface area (Å²) in [6.45, 7) is 9.18. The quantitative estimate of drug-likeness (QED) is 0.918. The van der Waals surface area contributed by atoms with Crippen LogP contribution in [0.2, 0.25) is 0 Å². The normalized spacial score (nSPS) is 17.2. The third-order valence-corrected chi connectivity index (χ3v) is 5.23. The van der Waals surface area contributed by atoms with Crippen LogP contribution in [0.1, 0.15) is 23.8 Å². The summed E-state index contributed by atoms with van der Waals surface area (Å²) < 4.78 is 6.98. The number of ether oxygens (including phenoxy) is 1. The number of benzene rings is 1. The van der Waals surface area contributed by atoms with Gasteiger partial charge in [-0.2, -0.15) is 0 Å². The van der Waals surface area contributed by atoms with Gasteiger partial charge in [0, 0.05) is 42.4 Å². The molecule has 1 aliphatic heterocycles. The minimum Gasteiger partial charge on any atom is -0.380 e. The lowest BCUT2D eigenvalue weighted by molar-refractivity contribution is 0.140. The predicted molar refractivity (Wildman–Crippen MR) is 89.9 cm³/mol. The molecule has 3 rings (SSSR count). The van der Waals surface area contributed by atoms with Crippen LogP contribution in [0.3, 0.4) is 0 Å². The van der Waals surface area contributed by atoms with E-state index in [4.69, 9.17) is 4.74 Å². The Balaban J connectivity index is 1.86. The number of hydrogen-bond acceptors (Lipinski definition) is 4. The van der Waals surface area contributed by atoms with Crippen LogP contribution in [0.4, 0.5) is 0 Å². The molecule has 0 saturated carbocycles. The van der Waals surface area contributed by atoms with Crippen molar-refractivity contribution in [1.82, 2.24) is 10.2 Å². The molecular weight excluding hydrogens is 280 g/mol. The lowest BCUT2D eigenvalue weighted by Crippen LogP contribution is -2.26. The van der Waals surface area contributed by atoms with Gasteiger partial charge in [0.1, 0.15) is 0 Å². The molecule has 0 aliphatic carbocycles. The zero-order valence-electron chi connectivity index (χ0n) is 12.7. The van der Waals surface area contributed by atoms with Crippen molar-refractivity contribution < 1.29 is 4.74 Å². The number of fused-ring (bicyclic) bond motifs is 1. The predicted octanol–water partition coefficient (Wildman–Crippen LogP) is 3.23. The van der Waals surface area contributed by atoms with Gasteiger partial charge in [-0.15, -0.1) is 11.3 Å². The van der Waals surface area contributed by atoms with Crippen LogP contribution in [0.25, 0.3) is 10.1 Å². The second kappa shape index (κ2) is 7.36. The fourth-order valence-corrected chi connectivity index (χ4v) is 4.07. The van der Waals surface area contributed by atoms with Gasteiger partial charge in [-0.25, -0.2) is 0 Å². The first-order chi connectivity index (χ1) is 10.4. The molecule has 1 aliphatic rings. The van der Waals surface area contributed by atoms with E-state index in [1.807, 2.05) is 11.3 Å². The molecule has 4 heteroatoms. The number of nitrogens with zero attached hydrogens (tertiary/aromatic N) is 1. The summed E-state index contributed by atoms with van der Waals surface area (Å²) in [6, 6.07) is 8.80. The molecular formula is C17H24N2OS. The Morgan fingerprint density at radius 1 is 1.24 bits per heavy atom. The topological polar surface area (TPSA) is 24.5 Å². The molecule has 0 radical (unpaired) electrons. The average molecular weight is 304 g/mol. The van der Waals surface area contributed by atoms with E-state index in [0.29, 0.717) is 0 Å². The summed E-state index contributed by atoms with van der Waals surface area (Å²) in [4.78, 5) is 4.03. The van der Waals surface area contributed by atoms with Crippen molar-refractivity contribution >= 4 is 21.4 Å². The van der Waals surface area contributed by atoms with Crippen LogP contribution in [0, 0.1) is 0 Å². The van der Waals surface area contributed by atoms with E-state index in [2.05, 4.69) is 41.4 Å². The van der Waals surface area contributed by atoms with Crippen molar-refractivity contribution in [1.29, 1.82) is 0 Å². The third-order valence-electron chi connectivity index (χ3n) is 4.01. The van der Waals surface area contributed by atoms with Crippen LogP contribution in [-0.4, -0.2) is 37.7 Å². The van der Waals surface area contributed by atoms with Gasteiger partial charge in [0.25, 0.3) is 0 Å². The third kappa shape index (κ3) is 3.64. The van der Waals surface area contributed by atoms with Gasteiger partial charge in [-0.1, -0.05) is 25.1 Å². The fraction of sp³-hybridized carbons (Fsp3) is 0.529. The summed E-state index contributed by atoms with van der Waals surface area (Å²) in [7, 11) is 0. The molecule has 1 aromatic carbocycles. The molecule has 114 valence electrons. The van der Waals surface area contributed by atoms with Crippen LogP contribution in [-0.2, 0) is 17.8 Å². The highest BCUT2D eigenvalue weighted by molar-refractivity contribution is 7.19. The highest BCUT2D eigenvalue weighted by Gasteiger charge is 2.16. The van der Waals surface area contributed by atoms with E-state index in [9.17, 15) is 0 Å². The van der Waals surface area contributed by atoms with E-state index in [-0.39, 0.29) is 0 Å². The van der Waals surface area contributed by atoms with Crippen molar-refractivity contribution in [3.63, 3.8) is 0 Å². The summed E-state index contributed by atoms with van der Waals surface area (Å²) in [5.74, 6) is 0. The van der Waals surface area contributed by atoms with E-state index in [0.717, 1.165) is 52.4 Å². The van der Waals surface area contributed by atoms with E-state index in [1.54, 1.807) is 0 Å². The molecule has 21 heavy (non-hydrogen) atoms. The number of thiophene rings is 1. The molecule has 2 heterocycles. The molecule has 0 spiro atoms.